The van der Waals surface area contributed by atoms with Gasteiger partial charge in [-0.15, -0.1) is 0 Å². The molecule has 2 aromatic carbocycles. The molecule has 0 fully saturated rings. The molecule has 1 heterocycles. The third-order valence-corrected chi connectivity index (χ3v) is 3.82. The summed E-state index contributed by atoms with van der Waals surface area (Å²) in [5, 5.41) is 11.4. The molecule has 0 aliphatic heterocycles. The van der Waals surface area contributed by atoms with Gasteiger partial charge in [-0.3, -0.25) is 30.6 Å². The quantitative estimate of drug-likeness (QED) is 0.397. The van der Waals surface area contributed by atoms with Gasteiger partial charge < -0.3 is 9.15 Å². The summed E-state index contributed by atoms with van der Waals surface area (Å²) in [7, 11) is 1.46. The number of ether oxygens (including phenoxy) is 1. The second-order valence-electron chi connectivity index (χ2n) is 5.53. The number of hydrogen-bond donors (Lipinski definition) is 2. The van der Waals surface area contributed by atoms with E-state index >= 15 is 0 Å². The maximum absolute atomic E-state index is 12.2. The Bertz CT molecular complexity index is 1150. The molecule has 28 heavy (non-hydrogen) atoms. The van der Waals surface area contributed by atoms with Gasteiger partial charge in [-0.2, -0.15) is 0 Å². The van der Waals surface area contributed by atoms with Crippen LogP contribution in [-0.4, -0.2) is 23.8 Å². The molecule has 142 valence electrons. The van der Waals surface area contributed by atoms with Gasteiger partial charge in [-0.25, -0.2) is 4.79 Å². The molecule has 0 bridgehead atoms. The molecule has 0 radical (unpaired) electrons. The molecule has 10 nitrogen and oxygen atoms in total. The number of fused-ring (bicyclic) bond motifs is 1. The lowest BCUT2D eigenvalue weighted by Gasteiger charge is -2.08. The highest BCUT2D eigenvalue weighted by Gasteiger charge is 2.20. The molecule has 0 aliphatic rings. The zero-order chi connectivity index (χ0) is 20.3. The van der Waals surface area contributed by atoms with Crippen LogP contribution in [-0.2, 0) is 0 Å². The summed E-state index contributed by atoms with van der Waals surface area (Å²) in [6.07, 6.45) is 0. The van der Waals surface area contributed by atoms with Crippen molar-refractivity contribution in [2.24, 2.45) is 0 Å². The number of carbonyl (C=O) groups is 2. The van der Waals surface area contributed by atoms with Crippen LogP contribution < -0.4 is 21.2 Å². The van der Waals surface area contributed by atoms with Crippen LogP contribution in [0, 0.1) is 10.1 Å². The Labute approximate surface area is 156 Å². The Morgan fingerprint density at radius 3 is 2.39 bits per heavy atom. The lowest BCUT2D eigenvalue weighted by atomic mass is 10.1. The minimum absolute atomic E-state index is 0.227. The Balaban J connectivity index is 1.80. The molecule has 0 aliphatic carbocycles. The molecule has 0 spiro atoms. The molecule has 10 heteroatoms. The third kappa shape index (κ3) is 3.65. The molecule has 0 atom stereocenters. The van der Waals surface area contributed by atoms with Crippen molar-refractivity contribution in [3.8, 4) is 5.75 Å². The molecule has 2 amide bonds. The molecular formula is C18H13N3O7. The van der Waals surface area contributed by atoms with Crippen LogP contribution in [0.15, 0.2) is 57.7 Å². The number of benzene rings is 2. The van der Waals surface area contributed by atoms with E-state index in [1.54, 1.807) is 12.1 Å². The highest BCUT2D eigenvalue weighted by atomic mass is 16.6. The van der Waals surface area contributed by atoms with Crippen molar-refractivity contribution < 1.29 is 23.7 Å². The van der Waals surface area contributed by atoms with Gasteiger partial charge in [-0.05, 0) is 24.3 Å². The second kappa shape index (κ2) is 7.58. The molecular weight excluding hydrogens is 370 g/mol. The van der Waals surface area contributed by atoms with Gasteiger partial charge in [0.15, 0.2) is 0 Å². The molecule has 1 aromatic heterocycles. The summed E-state index contributed by atoms with van der Waals surface area (Å²) >= 11 is 0. The van der Waals surface area contributed by atoms with Crippen LogP contribution in [0.1, 0.15) is 20.7 Å². The first-order valence-corrected chi connectivity index (χ1v) is 7.86. The van der Waals surface area contributed by atoms with Crippen molar-refractivity contribution in [3.63, 3.8) is 0 Å². The Morgan fingerprint density at radius 1 is 1.04 bits per heavy atom. The van der Waals surface area contributed by atoms with Crippen molar-refractivity contribution in [3.05, 3.63) is 80.2 Å². The lowest BCUT2D eigenvalue weighted by molar-refractivity contribution is -0.385. The molecule has 3 rings (SSSR count). The fraction of sp³-hybridized carbons (Fsp3) is 0.0556. The summed E-state index contributed by atoms with van der Waals surface area (Å²) in [6, 6.07) is 11.3. The van der Waals surface area contributed by atoms with Gasteiger partial charge in [0.05, 0.1) is 12.0 Å². The van der Waals surface area contributed by atoms with Gasteiger partial charge >= 0.3 is 5.63 Å². The van der Waals surface area contributed by atoms with Crippen molar-refractivity contribution in [1.29, 1.82) is 0 Å². The van der Waals surface area contributed by atoms with E-state index in [9.17, 15) is 24.5 Å². The Kier molecular flexibility index (Phi) is 5.03. The minimum Gasteiger partial charge on any atom is -0.497 e. The van der Waals surface area contributed by atoms with Crippen LogP contribution in [0.3, 0.4) is 0 Å². The van der Waals surface area contributed by atoms with Gasteiger partial charge in [0, 0.05) is 17.5 Å². The fourth-order valence-electron chi connectivity index (χ4n) is 2.45. The van der Waals surface area contributed by atoms with Crippen LogP contribution >= 0.6 is 0 Å². The number of para-hydroxylation sites is 1. The normalized spacial score (nSPS) is 10.3. The number of nitrogens with zero attached hydrogens (tertiary/aromatic N) is 1. The average Bonchev–Trinajstić information content (AvgIpc) is 2.70. The Hall–Kier alpha value is -4.21. The van der Waals surface area contributed by atoms with Gasteiger partial charge in [0.25, 0.3) is 17.5 Å². The topological polar surface area (TPSA) is 141 Å². The van der Waals surface area contributed by atoms with E-state index in [0.717, 1.165) is 6.07 Å². The molecule has 2 N–H and O–H groups in total. The molecule has 3 aromatic rings. The van der Waals surface area contributed by atoms with Crippen molar-refractivity contribution in [2.75, 3.05) is 7.11 Å². The van der Waals surface area contributed by atoms with E-state index in [1.165, 1.54) is 37.4 Å². The van der Waals surface area contributed by atoms with Crippen LogP contribution in [0.2, 0.25) is 0 Å². The molecule has 0 saturated heterocycles. The first-order chi connectivity index (χ1) is 13.4. The number of amides is 2. The predicted molar refractivity (Wildman–Crippen MR) is 97.1 cm³/mol. The second-order valence-corrected chi connectivity index (χ2v) is 5.53. The number of nitrogens with one attached hydrogen (secondary N) is 2. The summed E-state index contributed by atoms with van der Waals surface area (Å²) < 4.78 is 10.1. The summed E-state index contributed by atoms with van der Waals surface area (Å²) in [5.74, 6) is -1.36. The number of methoxy groups -OCH3 is 1. The average molecular weight is 383 g/mol. The zero-order valence-corrected chi connectivity index (χ0v) is 14.4. The number of rotatable bonds is 4. The van der Waals surface area contributed by atoms with Crippen LogP contribution in [0.5, 0.6) is 5.75 Å². The van der Waals surface area contributed by atoms with E-state index in [4.69, 9.17) is 9.15 Å². The lowest BCUT2D eigenvalue weighted by Crippen LogP contribution is -2.43. The number of hydrogen-bond acceptors (Lipinski definition) is 7. The van der Waals surface area contributed by atoms with E-state index in [1.807, 2.05) is 10.9 Å². The van der Waals surface area contributed by atoms with Gasteiger partial charge in [0.2, 0.25) is 0 Å². The van der Waals surface area contributed by atoms with Gasteiger partial charge in [0.1, 0.15) is 22.5 Å². The maximum Gasteiger partial charge on any atom is 0.349 e. The number of nitro groups is 1. The monoisotopic (exact) mass is 383 g/mol. The first-order valence-electron chi connectivity index (χ1n) is 7.86. The number of nitro benzene ring substituents is 1. The minimum atomic E-state index is -0.932. The van der Waals surface area contributed by atoms with Crippen molar-refractivity contribution >= 4 is 28.5 Å². The summed E-state index contributed by atoms with van der Waals surface area (Å²) in [5.41, 5.74) is 2.38. The smallest absolute Gasteiger partial charge is 0.349 e. The van der Waals surface area contributed by atoms with E-state index in [0.29, 0.717) is 11.1 Å². The van der Waals surface area contributed by atoms with Crippen molar-refractivity contribution in [1.82, 2.24) is 10.9 Å². The zero-order valence-electron chi connectivity index (χ0n) is 14.4. The van der Waals surface area contributed by atoms with E-state index in [2.05, 4.69) is 0 Å². The number of hydrazine groups is 1. The predicted octanol–water partition coefficient (Wildman–Crippen LogP) is 1.78. The first kappa shape index (κ1) is 18.6. The Morgan fingerprint density at radius 2 is 1.71 bits per heavy atom. The maximum atomic E-state index is 12.2. The third-order valence-electron chi connectivity index (χ3n) is 3.82. The van der Waals surface area contributed by atoms with E-state index in [-0.39, 0.29) is 16.7 Å². The summed E-state index contributed by atoms with van der Waals surface area (Å²) in [4.78, 5) is 46.7. The molecule has 0 unspecified atom stereocenters. The molecule has 0 saturated carbocycles. The van der Waals surface area contributed by atoms with E-state index < -0.39 is 28.1 Å². The number of carbonyl (C=O) groups excluding carboxylic acids is 2. The summed E-state index contributed by atoms with van der Waals surface area (Å²) in [6.45, 7) is 0. The highest BCUT2D eigenvalue weighted by Crippen LogP contribution is 2.20. The standard InChI is InChI=1S/C18H13N3O7/c1-27-11-7-6-10-8-13(18(24)28-15(10)9-11)17(23)20-19-16(22)12-4-2-3-5-14(12)21(25)26/h2-9H,1H3,(H,19,22)(H,20,23). The SMILES string of the molecule is COc1ccc2cc(C(=O)NNC(=O)c3ccccc3[N+](=O)[O-])c(=O)oc2c1. The largest absolute Gasteiger partial charge is 0.497 e. The van der Waals surface area contributed by atoms with Crippen LogP contribution in [0.25, 0.3) is 11.0 Å². The highest BCUT2D eigenvalue weighted by molar-refractivity contribution is 6.01. The van der Waals surface area contributed by atoms with Crippen LogP contribution in [0.4, 0.5) is 5.69 Å². The van der Waals surface area contributed by atoms with Gasteiger partial charge in [-0.1, -0.05) is 12.1 Å². The fourth-order valence-corrected chi connectivity index (χ4v) is 2.45. The van der Waals surface area contributed by atoms with Crippen molar-refractivity contribution in [2.45, 2.75) is 0 Å².